The van der Waals surface area contributed by atoms with Crippen molar-refractivity contribution >= 4 is 17.5 Å². The Kier molecular flexibility index (Phi) is 3.42. The molecule has 0 aliphatic heterocycles. The Morgan fingerprint density at radius 2 is 1.56 bits per heavy atom. The zero-order valence-corrected chi connectivity index (χ0v) is 9.87. The van der Waals surface area contributed by atoms with Gasteiger partial charge in [0.15, 0.2) is 0 Å². The summed E-state index contributed by atoms with van der Waals surface area (Å²) in [7, 11) is 0. The standard InChI is InChI=1S/C14H12NS/c1-11(15)13-9-5-6-10-14(13)16-12-7-3-2-4-8-12/h2-10H,1H3. The molecular weight excluding hydrogens is 214 g/mol. The largest absolute Gasteiger partial charge is 0.155 e. The molecule has 0 heterocycles. The van der Waals surface area contributed by atoms with E-state index >= 15 is 0 Å². The number of rotatable bonds is 3. The van der Waals surface area contributed by atoms with Crippen LogP contribution in [0.15, 0.2) is 64.4 Å². The number of hydrogen-bond acceptors (Lipinski definition) is 1. The smallest absolute Gasteiger partial charge is 0.0683 e. The number of hydrogen-bond donors (Lipinski definition) is 0. The molecule has 0 saturated carbocycles. The molecule has 0 atom stereocenters. The van der Waals surface area contributed by atoms with E-state index in [-0.39, 0.29) is 0 Å². The van der Waals surface area contributed by atoms with Crippen LogP contribution < -0.4 is 5.41 Å². The van der Waals surface area contributed by atoms with Crippen LogP contribution in [-0.4, -0.2) is 5.71 Å². The van der Waals surface area contributed by atoms with Gasteiger partial charge in [0.05, 0.1) is 5.71 Å². The third-order valence-electron chi connectivity index (χ3n) is 2.25. The van der Waals surface area contributed by atoms with Gasteiger partial charge in [-0.1, -0.05) is 48.2 Å². The fourth-order valence-electron chi connectivity index (χ4n) is 1.47. The van der Waals surface area contributed by atoms with E-state index in [0.717, 1.165) is 10.5 Å². The van der Waals surface area contributed by atoms with Crippen LogP contribution in [0.5, 0.6) is 0 Å². The van der Waals surface area contributed by atoms with Gasteiger partial charge in [-0.25, -0.2) is 0 Å². The average molecular weight is 226 g/mol. The molecule has 0 aromatic heterocycles. The minimum atomic E-state index is 0.360. The lowest BCUT2D eigenvalue weighted by Crippen LogP contribution is -1.96. The van der Waals surface area contributed by atoms with Gasteiger partial charge in [-0.3, -0.25) is 0 Å². The van der Waals surface area contributed by atoms with Crippen LogP contribution in [0.25, 0.3) is 0 Å². The fourth-order valence-corrected chi connectivity index (χ4v) is 2.49. The summed E-state index contributed by atoms with van der Waals surface area (Å²) in [4.78, 5) is 2.25. The first-order chi connectivity index (χ1) is 7.77. The van der Waals surface area contributed by atoms with Crippen LogP contribution in [0.1, 0.15) is 12.5 Å². The van der Waals surface area contributed by atoms with Crippen LogP contribution in [-0.2, 0) is 0 Å². The van der Waals surface area contributed by atoms with Gasteiger partial charge in [-0.2, -0.15) is 5.41 Å². The summed E-state index contributed by atoms with van der Waals surface area (Å²) in [6.45, 7) is 1.71. The zero-order valence-electron chi connectivity index (χ0n) is 9.05. The molecule has 0 saturated heterocycles. The first kappa shape index (κ1) is 11.0. The lowest BCUT2D eigenvalue weighted by molar-refractivity contribution is 1.37. The van der Waals surface area contributed by atoms with Crippen LogP contribution in [0.2, 0.25) is 0 Å². The van der Waals surface area contributed by atoms with Crippen LogP contribution >= 0.6 is 11.8 Å². The van der Waals surface area contributed by atoms with Gasteiger partial charge < -0.3 is 0 Å². The van der Waals surface area contributed by atoms with Crippen molar-refractivity contribution in [3.8, 4) is 0 Å². The van der Waals surface area contributed by atoms with Gasteiger partial charge in [0, 0.05) is 15.4 Å². The van der Waals surface area contributed by atoms with Gasteiger partial charge in [0.1, 0.15) is 0 Å². The summed E-state index contributed by atoms with van der Waals surface area (Å²) >= 11 is 1.66. The van der Waals surface area contributed by atoms with E-state index in [2.05, 4.69) is 12.1 Å². The summed E-state index contributed by atoms with van der Waals surface area (Å²) < 4.78 is 0. The highest BCUT2D eigenvalue weighted by molar-refractivity contribution is 7.99. The Bertz CT molecular complexity index is 491. The number of nitrogens with zero attached hydrogens (tertiary/aromatic N) is 1. The van der Waals surface area contributed by atoms with E-state index in [1.807, 2.05) is 42.5 Å². The Balaban J connectivity index is 2.31. The van der Waals surface area contributed by atoms with E-state index in [4.69, 9.17) is 0 Å². The second-order valence-corrected chi connectivity index (χ2v) is 4.61. The monoisotopic (exact) mass is 226 g/mol. The Hall–Kier alpha value is -1.54. The molecule has 1 radical (unpaired) electrons. The first-order valence-electron chi connectivity index (χ1n) is 5.12. The molecule has 0 aliphatic rings. The molecule has 16 heavy (non-hydrogen) atoms. The van der Waals surface area contributed by atoms with Crippen LogP contribution in [0, 0.1) is 0 Å². The molecule has 0 amide bonds. The van der Waals surface area contributed by atoms with Crippen molar-refractivity contribution in [3.63, 3.8) is 0 Å². The highest BCUT2D eigenvalue weighted by Crippen LogP contribution is 2.30. The lowest BCUT2D eigenvalue weighted by Gasteiger charge is -2.06. The first-order valence-corrected chi connectivity index (χ1v) is 5.94. The summed E-state index contributed by atoms with van der Waals surface area (Å²) in [6, 6.07) is 18.0. The van der Waals surface area contributed by atoms with E-state index in [0.29, 0.717) is 5.71 Å². The molecular formula is C14H12NS. The lowest BCUT2D eigenvalue weighted by atomic mass is 10.1. The fraction of sp³-hybridized carbons (Fsp3) is 0.0714. The van der Waals surface area contributed by atoms with Gasteiger partial charge in [-0.15, -0.1) is 0 Å². The molecule has 2 aromatic carbocycles. The van der Waals surface area contributed by atoms with Gasteiger partial charge in [0.25, 0.3) is 0 Å². The van der Waals surface area contributed by atoms with Crippen molar-refractivity contribution in [1.82, 2.24) is 5.41 Å². The molecule has 2 heteroatoms. The Morgan fingerprint density at radius 3 is 2.25 bits per heavy atom. The summed E-state index contributed by atoms with van der Waals surface area (Å²) in [6.07, 6.45) is 0. The third-order valence-corrected chi connectivity index (χ3v) is 3.33. The highest BCUT2D eigenvalue weighted by atomic mass is 32.2. The van der Waals surface area contributed by atoms with E-state index < -0.39 is 0 Å². The predicted octanol–water partition coefficient (Wildman–Crippen LogP) is 3.45. The maximum absolute atomic E-state index is 9.59. The zero-order chi connectivity index (χ0) is 11.4. The molecule has 79 valence electrons. The third kappa shape index (κ3) is 2.52. The van der Waals surface area contributed by atoms with Crippen molar-refractivity contribution in [2.24, 2.45) is 0 Å². The maximum atomic E-state index is 9.59. The van der Waals surface area contributed by atoms with Gasteiger partial charge in [-0.05, 0) is 25.1 Å². The highest BCUT2D eigenvalue weighted by Gasteiger charge is 2.05. The van der Waals surface area contributed by atoms with Crippen molar-refractivity contribution in [2.45, 2.75) is 16.7 Å². The van der Waals surface area contributed by atoms with Crippen molar-refractivity contribution in [2.75, 3.05) is 0 Å². The summed E-state index contributed by atoms with van der Waals surface area (Å²) in [5.41, 5.74) is 1.26. The molecule has 0 unspecified atom stereocenters. The molecule has 0 fully saturated rings. The second-order valence-electron chi connectivity index (χ2n) is 3.50. The average Bonchev–Trinajstić information content (AvgIpc) is 2.31. The normalized spacial score (nSPS) is 10.1. The van der Waals surface area contributed by atoms with Crippen LogP contribution in [0.3, 0.4) is 0 Å². The minimum absolute atomic E-state index is 0.360. The molecule has 0 N–H and O–H groups in total. The molecule has 1 nitrogen and oxygen atoms in total. The number of benzene rings is 2. The van der Waals surface area contributed by atoms with E-state index in [1.54, 1.807) is 18.7 Å². The summed E-state index contributed by atoms with van der Waals surface area (Å²) in [5.74, 6) is 0. The SMILES string of the molecule is CC(=[N])c1ccccc1Sc1ccccc1. The van der Waals surface area contributed by atoms with Gasteiger partial charge in [0.2, 0.25) is 0 Å². The maximum Gasteiger partial charge on any atom is 0.0683 e. The van der Waals surface area contributed by atoms with Crippen molar-refractivity contribution in [3.05, 3.63) is 60.2 Å². The predicted molar refractivity (Wildman–Crippen MR) is 68.9 cm³/mol. The Morgan fingerprint density at radius 1 is 0.938 bits per heavy atom. The minimum Gasteiger partial charge on any atom is -0.155 e. The van der Waals surface area contributed by atoms with Crippen LogP contribution in [0.4, 0.5) is 0 Å². The molecule has 2 aromatic rings. The Labute approximate surface area is 100 Å². The summed E-state index contributed by atoms with van der Waals surface area (Å²) in [5, 5.41) is 9.59. The van der Waals surface area contributed by atoms with E-state index in [9.17, 15) is 5.41 Å². The van der Waals surface area contributed by atoms with Crippen molar-refractivity contribution in [1.29, 1.82) is 0 Å². The molecule has 0 spiro atoms. The quantitative estimate of drug-likeness (QED) is 0.735. The van der Waals surface area contributed by atoms with Gasteiger partial charge >= 0.3 is 0 Å². The topological polar surface area (TPSA) is 22.3 Å². The molecule has 0 aliphatic carbocycles. The van der Waals surface area contributed by atoms with E-state index in [1.165, 1.54) is 4.90 Å². The van der Waals surface area contributed by atoms with Crippen molar-refractivity contribution < 1.29 is 0 Å². The molecule has 2 rings (SSSR count). The second kappa shape index (κ2) is 4.99. The molecule has 0 bridgehead atoms.